The monoisotopic (exact) mass is 1490 g/mol. The summed E-state index contributed by atoms with van der Waals surface area (Å²) >= 11 is 6.22. The summed E-state index contributed by atoms with van der Waals surface area (Å²) in [6.45, 7) is 10.6. The molecule has 3 fully saturated rings. The zero-order valence-corrected chi connectivity index (χ0v) is 63.9. The average Bonchev–Trinajstić information content (AvgIpc) is 1.57. The number of carbonyl (C=O) groups excluding carboxylic acids is 4. The molecule has 0 radical (unpaired) electrons. The number of fused-ring (bicyclic) bond motifs is 9. The molecule has 3 saturated carbocycles. The largest absolute Gasteiger partial charge is 0.481 e. The average molecular weight is 1490 g/mol. The Hall–Kier alpha value is -10.2. The van der Waals surface area contributed by atoms with Crippen molar-refractivity contribution in [3.05, 3.63) is 153 Å². The van der Waals surface area contributed by atoms with Gasteiger partial charge in [-0.1, -0.05) is 53.6 Å². The molecule has 0 saturated heterocycles. The van der Waals surface area contributed by atoms with Crippen molar-refractivity contribution in [1.82, 2.24) is 64.0 Å². The normalized spacial score (nSPS) is 21.9. The number of aryl methyl sites for hydroxylation is 6. The van der Waals surface area contributed by atoms with E-state index in [0.717, 1.165) is 224 Å². The number of aromatic nitrogens is 13. The number of methoxy groups -OCH3 is 4. The van der Waals surface area contributed by atoms with E-state index in [1.165, 1.54) is 26.9 Å². The van der Waals surface area contributed by atoms with Gasteiger partial charge in [-0.05, 0) is 204 Å². The predicted octanol–water partition coefficient (Wildman–Crippen LogP) is 15.4. The van der Waals surface area contributed by atoms with Gasteiger partial charge in [-0.25, -0.2) is 34.3 Å². The Morgan fingerprint density at radius 2 is 1.06 bits per heavy atom. The fourth-order valence-electron chi connectivity index (χ4n) is 17.9. The number of pyridine rings is 1. The van der Waals surface area contributed by atoms with Crippen LogP contribution in [0, 0.1) is 18.8 Å². The number of nitrogens with one attached hydrogen (secondary N) is 1. The summed E-state index contributed by atoms with van der Waals surface area (Å²) in [6, 6.07) is 29.5. The van der Waals surface area contributed by atoms with Gasteiger partial charge in [0.1, 0.15) is 28.3 Å². The fourth-order valence-corrected chi connectivity index (χ4v) is 18.0. The zero-order chi connectivity index (χ0) is 75.6. The molecule has 10 aromatic rings. The third-order valence-electron chi connectivity index (χ3n) is 23.4. The maximum Gasteiger partial charge on any atom is 0.414 e. The second-order valence-electron chi connectivity index (χ2n) is 30.0. The van der Waals surface area contributed by atoms with E-state index in [4.69, 9.17) is 45.5 Å². The first-order valence-corrected chi connectivity index (χ1v) is 38.6. The highest BCUT2D eigenvalue weighted by atomic mass is 35.5. The molecular formula is C81H97ClN16O10. The summed E-state index contributed by atoms with van der Waals surface area (Å²) in [4.78, 5) is 86.8. The van der Waals surface area contributed by atoms with Crippen LogP contribution >= 0.6 is 11.6 Å². The summed E-state index contributed by atoms with van der Waals surface area (Å²) in [5, 5.41) is 29.4. The van der Waals surface area contributed by atoms with E-state index in [9.17, 15) is 29.1 Å². The third kappa shape index (κ3) is 15.0. The minimum Gasteiger partial charge on any atom is -0.481 e. The maximum absolute atomic E-state index is 12.6. The molecule has 26 nitrogen and oxygen atoms in total. The molecule has 0 spiro atoms. The molecule has 4 aromatic carbocycles. The van der Waals surface area contributed by atoms with Crippen molar-refractivity contribution in [3.8, 4) is 5.88 Å². The quantitative estimate of drug-likeness (QED) is 0.0956. The number of anilines is 3. The van der Waals surface area contributed by atoms with Gasteiger partial charge in [0.2, 0.25) is 5.88 Å². The van der Waals surface area contributed by atoms with Crippen LogP contribution in [0.3, 0.4) is 0 Å². The highest BCUT2D eigenvalue weighted by Gasteiger charge is 2.39. The van der Waals surface area contributed by atoms with Crippen LogP contribution < -0.4 is 19.4 Å². The van der Waals surface area contributed by atoms with Gasteiger partial charge >= 0.3 is 24.2 Å². The van der Waals surface area contributed by atoms with Crippen molar-refractivity contribution in [2.45, 2.75) is 218 Å². The van der Waals surface area contributed by atoms with Gasteiger partial charge in [-0.15, -0.1) is 10.2 Å². The molecule has 6 aliphatic rings. The number of aliphatic carboxylic acids is 1. The summed E-state index contributed by atoms with van der Waals surface area (Å²) in [5.74, 6) is 3.89. The number of imidazole rings is 3. The molecule has 9 heterocycles. The van der Waals surface area contributed by atoms with E-state index in [-0.39, 0.29) is 72.0 Å². The Balaban J connectivity index is 0.000000136. The fraction of sp³-hybridized carbons (Fsp3) is 0.494. The van der Waals surface area contributed by atoms with Crippen LogP contribution in [-0.2, 0) is 68.9 Å². The lowest BCUT2D eigenvalue weighted by Gasteiger charge is -2.34. The molecule has 3 aliphatic heterocycles. The highest BCUT2D eigenvalue weighted by Crippen LogP contribution is 2.46. The molecule has 568 valence electrons. The van der Waals surface area contributed by atoms with Crippen LogP contribution in [0.4, 0.5) is 31.4 Å². The number of carboxylic acids is 1. The van der Waals surface area contributed by atoms with Crippen LogP contribution in [0.2, 0.25) is 5.02 Å². The van der Waals surface area contributed by atoms with Gasteiger partial charge in [0, 0.05) is 96.8 Å². The third-order valence-corrected chi connectivity index (χ3v) is 23.7. The first-order valence-electron chi connectivity index (χ1n) is 38.2. The summed E-state index contributed by atoms with van der Waals surface area (Å²) < 4.78 is 29.7. The summed E-state index contributed by atoms with van der Waals surface area (Å²) in [6.07, 6.45) is 18.9. The van der Waals surface area contributed by atoms with Gasteiger partial charge in [-0.3, -0.25) is 29.0 Å². The topological polar surface area (TPSA) is 291 Å². The number of carboxylic acid groups (broad SMARTS) is 1. The van der Waals surface area contributed by atoms with E-state index in [2.05, 4.69) is 99.9 Å². The minimum atomic E-state index is -0.695. The van der Waals surface area contributed by atoms with Gasteiger partial charge in [0.15, 0.2) is 5.82 Å². The Kier molecular flexibility index (Phi) is 22.3. The van der Waals surface area contributed by atoms with Gasteiger partial charge in [-0.2, -0.15) is 10.3 Å². The van der Waals surface area contributed by atoms with Gasteiger partial charge < -0.3 is 37.8 Å². The number of ketones is 1. The number of amides is 3. The van der Waals surface area contributed by atoms with Crippen molar-refractivity contribution in [1.29, 1.82) is 0 Å². The number of halogens is 1. The lowest BCUT2D eigenvalue weighted by molar-refractivity contribution is -0.143. The van der Waals surface area contributed by atoms with Crippen LogP contribution in [-0.4, -0.2) is 146 Å². The van der Waals surface area contributed by atoms with Gasteiger partial charge in [0.05, 0.1) is 95.9 Å². The Labute approximate surface area is 632 Å². The smallest absolute Gasteiger partial charge is 0.414 e. The van der Waals surface area contributed by atoms with Crippen molar-refractivity contribution < 1.29 is 48.0 Å². The number of H-pyrrole nitrogens is 1. The number of carbonyl (C=O) groups is 5. The Bertz CT molecular complexity index is 4940. The molecule has 6 aromatic heterocycles. The number of nitrogens with zero attached hydrogens (tertiary/aromatic N) is 15. The standard InChI is InChI=1S/C28H33ClN4O4.C27H31N7O2.C26H33N5O4/c1-16-5-11-21-23(32(16)28(35)37-4)13-14-24-26(21)31-25(15-19-8-12-22(29)27(30-19)36-3)33(24)20-9-6-18(7-10-20)17(2)34;1-17-11-12-21-22(33(17)27(35)36-2)13-14-23-25(21)28-24(15-18-7-4-3-5-8-18)34(23)20-10-6-9-19(16-20)26-29-31-32-30-26;1-16-12-14-29(28-16)15-13-23-27-24-20-9-4-17(2)30(26(34)35-3)21(20)10-11-22(24)31(23)19-7-5-18(6-8-19)25(32)33/h8,12-14,16,18,20H,5-7,9-11,15H2,1-4H3;3-5,7-8,13-14,17,19-20H,6,9-12,15-16H2,1-2H3,(H,29,30,31,32);10-12,14,17-19H,4-9,13,15H2,1-3H3,(H,32,33)/t16-,18?,20?;17-,19-,20+;17-,18?,19?/m000/s1. The van der Waals surface area contributed by atoms with Crippen molar-refractivity contribution in [2.75, 3.05) is 43.1 Å². The van der Waals surface area contributed by atoms with Crippen molar-refractivity contribution in [2.24, 2.45) is 11.8 Å². The van der Waals surface area contributed by atoms with E-state index in [1.807, 2.05) is 62.0 Å². The molecule has 108 heavy (non-hydrogen) atoms. The predicted molar refractivity (Wildman–Crippen MR) is 410 cm³/mol. The van der Waals surface area contributed by atoms with Crippen molar-refractivity contribution in [3.63, 3.8) is 0 Å². The number of Topliss-reactive ketones (excluding diaryl/α,β-unsaturated/α-hetero) is 1. The molecule has 27 heteroatoms. The molecule has 3 amide bonds. The van der Waals surface area contributed by atoms with Gasteiger partial charge in [0.25, 0.3) is 0 Å². The number of benzene rings is 4. The zero-order valence-electron chi connectivity index (χ0n) is 63.1. The maximum atomic E-state index is 12.6. The van der Waals surface area contributed by atoms with E-state index < -0.39 is 5.97 Å². The number of tetrazole rings is 1. The molecule has 3 aliphatic carbocycles. The number of rotatable bonds is 14. The van der Waals surface area contributed by atoms with E-state index in [0.29, 0.717) is 36.2 Å². The first-order chi connectivity index (χ1) is 52.3. The molecule has 0 bridgehead atoms. The number of hydrogen-bond donors (Lipinski definition) is 2. The molecule has 5 atom stereocenters. The van der Waals surface area contributed by atoms with Crippen LogP contribution in [0.1, 0.15) is 205 Å². The van der Waals surface area contributed by atoms with Crippen LogP contribution in [0.15, 0.2) is 91.1 Å². The first kappa shape index (κ1) is 74.6. The Morgan fingerprint density at radius 3 is 1.53 bits per heavy atom. The van der Waals surface area contributed by atoms with Crippen LogP contribution in [0.25, 0.3) is 33.1 Å². The Morgan fingerprint density at radius 1 is 0.556 bits per heavy atom. The second-order valence-corrected chi connectivity index (χ2v) is 30.4. The molecule has 16 rings (SSSR count). The van der Waals surface area contributed by atoms with Crippen molar-refractivity contribution >= 4 is 91.8 Å². The highest BCUT2D eigenvalue weighted by molar-refractivity contribution is 6.31. The SMILES string of the molecule is COC(=O)N1c2ccc3c(nc(CCn4ccc(C)n4)n3C3CCC(C(=O)O)CC3)c2CC[C@@H]1C.COC(=O)N1c2ccc3c(nc(Cc4ccc(Cl)c(OC)n4)n3C3CCC(C(C)=O)CC3)c2CC[C@@H]1C.COC(=O)N1c2ccc3c(nc(Cc4ccccc4)n3[C@@H]3CCC[C@H](c4nn[nH]n4)C3)c2CC[C@@H]1C. The molecule has 0 unspecified atom stereocenters. The second kappa shape index (κ2) is 32.3. The number of hydrogen-bond acceptors (Lipinski definition) is 17. The minimum absolute atomic E-state index is 0.0477. The lowest BCUT2D eigenvalue weighted by Crippen LogP contribution is -2.42. The number of ether oxygens (including phenoxy) is 4. The van der Waals surface area contributed by atoms with E-state index in [1.54, 1.807) is 34.8 Å². The van der Waals surface area contributed by atoms with Crippen LogP contribution in [0.5, 0.6) is 5.88 Å². The molecular weight excluding hydrogens is 1390 g/mol. The van der Waals surface area contributed by atoms with E-state index >= 15 is 0 Å². The molecule has 2 N–H and O–H groups in total. The summed E-state index contributed by atoms with van der Waals surface area (Å²) in [7, 11) is 5.83. The lowest BCUT2D eigenvalue weighted by atomic mass is 9.83. The number of aromatic amines is 1. The summed E-state index contributed by atoms with van der Waals surface area (Å²) in [5.41, 5.74) is 15.1.